The highest BCUT2D eigenvalue weighted by Gasteiger charge is 2.34. The first-order chi connectivity index (χ1) is 14.2. The van der Waals surface area contributed by atoms with E-state index in [-0.39, 0.29) is 31.7 Å². The Hall–Kier alpha value is -2.50. The molecule has 1 saturated heterocycles. The number of alkyl halides is 5. The van der Waals surface area contributed by atoms with E-state index >= 15 is 0 Å². The highest BCUT2D eigenvalue weighted by molar-refractivity contribution is 5.80. The lowest BCUT2D eigenvalue weighted by molar-refractivity contribution is -0.143. The molecule has 0 aromatic heterocycles. The molecule has 12 heteroatoms. The van der Waals surface area contributed by atoms with Gasteiger partial charge in [0.15, 0.2) is 17.5 Å². The predicted octanol–water partition coefficient (Wildman–Crippen LogP) is 2.71. The van der Waals surface area contributed by atoms with E-state index in [1.807, 2.05) is 6.92 Å². The summed E-state index contributed by atoms with van der Waals surface area (Å²) in [4.78, 5) is 5.70. The maximum absolute atomic E-state index is 12.8. The van der Waals surface area contributed by atoms with Crippen molar-refractivity contribution in [2.75, 3.05) is 33.0 Å². The van der Waals surface area contributed by atoms with Gasteiger partial charge in [0.2, 0.25) is 6.79 Å². The lowest BCUT2D eigenvalue weighted by atomic mass is 10.1. The van der Waals surface area contributed by atoms with E-state index in [2.05, 4.69) is 20.4 Å². The fourth-order valence-corrected chi connectivity index (χ4v) is 3.32. The Morgan fingerprint density at radius 3 is 2.70 bits per heavy atom. The molecule has 1 aromatic rings. The van der Waals surface area contributed by atoms with Gasteiger partial charge in [0.25, 0.3) is 0 Å². The van der Waals surface area contributed by atoms with Gasteiger partial charge in [-0.05, 0) is 19.4 Å². The molecule has 1 aromatic carbocycles. The molecule has 3 rings (SSSR count). The topological polar surface area (TPSA) is 67.4 Å². The fourth-order valence-electron chi connectivity index (χ4n) is 3.32. The normalized spacial score (nSPS) is 19.4. The minimum Gasteiger partial charge on any atom is -0.454 e. The Kier molecular flexibility index (Phi) is 7.06. The molecule has 1 unspecified atom stereocenters. The molecule has 7 nitrogen and oxygen atoms in total. The van der Waals surface area contributed by atoms with Gasteiger partial charge in [0.1, 0.15) is 5.75 Å². The lowest BCUT2D eigenvalue weighted by Crippen LogP contribution is -2.45. The molecule has 0 amide bonds. The van der Waals surface area contributed by atoms with Crippen LogP contribution in [0.2, 0.25) is 0 Å². The van der Waals surface area contributed by atoms with Crippen molar-refractivity contribution in [1.29, 1.82) is 0 Å². The first-order valence-corrected chi connectivity index (χ1v) is 9.44. The van der Waals surface area contributed by atoms with Crippen molar-refractivity contribution in [2.45, 2.75) is 38.7 Å². The van der Waals surface area contributed by atoms with E-state index < -0.39 is 19.3 Å². The average Bonchev–Trinajstić information content (AvgIpc) is 3.26. The quantitative estimate of drug-likeness (QED) is 0.388. The molecule has 0 saturated carbocycles. The molecule has 1 fully saturated rings. The summed E-state index contributed by atoms with van der Waals surface area (Å²) in [6.45, 7) is -1.08. The zero-order chi connectivity index (χ0) is 21.7. The van der Waals surface area contributed by atoms with Gasteiger partial charge >= 0.3 is 12.8 Å². The monoisotopic (exact) mass is 438 g/mol. The minimum absolute atomic E-state index is 0.00693. The summed E-state index contributed by atoms with van der Waals surface area (Å²) < 4.78 is 78.2. The Morgan fingerprint density at radius 2 is 2.03 bits per heavy atom. The molecule has 0 spiro atoms. The molecule has 0 bridgehead atoms. The van der Waals surface area contributed by atoms with Gasteiger partial charge in [-0.3, -0.25) is 4.90 Å². The molecule has 30 heavy (non-hydrogen) atoms. The van der Waals surface area contributed by atoms with Crippen LogP contribution in [-0.4, -0.2) is 62.7 Å². The maximum Gasteiger partial charge on any atom is 0.401 e. The van der Waals surface area contributed by atoms with Gasteiger partial charge in [-0.15, -0.1) is 0 Å². The van der Waals surface area contributed by atoms with E-state index in [0.717, 1.165) is 0 Å². The van der Waals surface area contributed by atoms with E-state index in [1.165, 1.54) is 17.0 Å². The van der Waals surface area contributed by atoms with Crippen LogP contribution in [0.4, 0.5) is 22.0 Å². The second-order valence-corrected chi connectivity index (χ2v) is 6.87. The Labute approximate surface area is 170 Å². The van der Waals surface area contributed by atoms with E-state index in [1.54, 1.807) is 0 Å². The molecule has 2 aliphatic heterocycles. The number of fused-ring (bicyclic) bond motifs is 1. The zero-order valence-electron chi connectivity index (χ0n) is 16.3. The maximum atomic E-state index is 12.8. The SMILES string of the molecule is CCNC(=NCc1cc2c(cc1OC(F)F)OCO2)NC1CCN(CC(F)(F)F)C1. The first kappa shape index (κ1) is 22.2. The van der Waals surface area contributed by atoms with Crippen LogP contribution in [0, 0.1) is 0 Å². The summed E-state index contributed by atoms with van der Waals surface area (Å²) >= 11 is 0. The van der Waals surface area contributed by atoms with Crippen molar-refractivity contribution in [2.24, 2.45) is 4.99 Å². The summed E-state index contributed by atoms with van der Waals surface area (Å²) in [6, 6.07) is 2.64. The molecule has 2 N–H and O–H groups in total. The summed E-state index contributed by atoms with van der Waals surface area (Å²) in [5.74, 6) is 1.00. The van der Waals surface area contributed by atoms with Crippen LogP contribution in [0.3, 0.4) is 0 Å². The number of guanidine groups is 1. The summed E-state index contributed by atoms with van der Waals surface area (Å²) in [5.41, 5.74) is 0.363. The van der Waals surface area contributed by atoms with Crippen LogP contribution in [0.1, 0.15) is 18.9 Å². The smallest absolute Gasteiger partial charge is 0.401 e. The number of hydrogen-bond donors (Lipinski definition) is 2. The Bertz CT molecular complexity index is 760. The molecule has 168 valence electrons. The third-order valence-electron chi connectivity index (χ3n) is 4.54. The largest absolute Gasteiger partial charge is 0.454 e. The van der Waals surface area contributed by atoms with E-state index in [4.69, 9.17) is 9.47 Å². The van der Waals surface area contributed by atoms with Crippen LogP contribution >= 0.6 is 0 Å². The zero-order valence-corrected chi connectivity index (χ0v) is 16.3. The fraction of sp³-hybridized carbons (Fsp3) is 0.611. The number of nitrogens with zero attached hydrogens (tertiary/aromatic N) is 2. The van der Waals surface area contributed by atoms with E-state index in [0.29, 0.717) is 42.5 Å². The summed E-state index contributed by atoms with van der Waals surface area (Å²) in [6.07, 6.45) is -3.71. The molecule has 0 radical (unpaired) electrons. The predicted molar refractivity (Wildman–Crippen MR) is 98.0 cm³/mol. The molecule has 2 aliphatic rings. The molecule has 2 heterocycles. The number of benzene rings is 1. The van der Waals surface area contributed by atoms with Gasteiger partial charge in [-0.25, -0.2) is 4.99 Å². The highest BCUT2D eigenvalue weighted by Crippen LogP contribution is 2.39. The number of aliphatic imine (C=N–C) groups is 1. The summed E-state index contributed by atoms with van der Waals surface area (Å²) in [7, 11) is 0. The average molecular weight is 438 g/mol. The van der Waals surface area contributed by atoms with Crippen LogP contribution in [0.25, 0.3) is 0 Å². The van der Waals surface area contributed by atoms with Crippen molar-refractivity contribution < 1.29 is 36.2 Å². The second kappa shape index (κ2) is 9.54. The van der Waals surface area contributed by atoms with Gasteiger partial charge in [-0.1, -0.05) is 0 Å². The van der Waals surface area contributed by atoms with Crippen LogP contribution < -0.4 is 24.8 Å². The number of rotatable bonds is 7. The third-order valence-corrected chi connectivity index (χ3v) is 4.54. The molecule has 1 atom stereocenters. The number of likely N-dealkylation sites (tertiary alicyclic amines) is 1. The van der Waals surface area contributed by atoms with Gasteiger partial charge in [0, 0.05) is 37.3 Å². The Balaban J connectivity index is 1.68. The van der Waals surface area contributed by atoms with Crippen LogP contribution in [-0.2, 0) is 6.54 Å². The number of halogens is 5. The van der Waals surface area contributed by atoms with Gasteiger partial charge in [-0.2, -0.15) is 22.0 Å². The van der Waals surface area contributed by atoms with Crippen molar-refractivity contribution >= 4 is 5.96 Å². The van der Waals surface area contributed by atoms with Crippen LogP contribution in [0.15, 0.2) is 17.1 Å². The first-order valence-electron chi connectivity index (χ1n) is 9.44. The minimum atomic E-state index is -4.24. The van der Waals surface area contributed by atoms with Crippen molar-refractivity contribution in [1.82, 2.24) is 15.5 Å². The van der Waals surface area contributed by atoms with Crippen LogP contribution in [0.5, 0.6) is 17.2 Å². The number of nitrogens with one attached hydrogen (secondary N) is 2. The third kappa shape index (κ3) is 6.25. The van der Waals surface area contributed by atoms with E-state index in [9.17, 15) is 22.0 Å². The standard InChI is InChI=1S/C18H23F5N4O3/c1-2-24-17(26-12-3-4-27(8-12)9-18(21,22)23)25-7-11-5-14-15(29-10-28-14)6-13(11)30-16(19)20/h5-6,12,16H,2-4,7-10H2,1H3,(H2,24,25,26). The Morgan fingerprint density at radius 1 is 1.30 bits per heavy atom. The molecule has 0 aliphatic carbocycles. The van der Waals surface area contributed by atoms with Gasteiger partial charge in [0.05, 0.1) is 13.1 Å². The number of hydrogen-bond acceptors (Lipinski definition) is 5. The highest BCUT2D eigenvalue weighted by atomic mass is 19.4. The summed E-state index contributed by atoms with van der Waals surface area (Å²) in [5, 5.41) is 6.11. The van der Waals surface area contributed by atoms with Crippen molar-refractivity contribution in [3.63, 3.8) is 0 Å². The van der Waals surface area contributed by atoms with Gasteiger partial charge < -0.3 is 24.8 Å². The number of ether oxygens (including phenoxy) is 3. The molecular weight excluding hydrogens is 415 g/mol. The van der Waals surface area contributed by atoms with Crippen molar-refractivity contribution in [3.8, 4) is 17.2 Å². The lowest BCUT2D eigenvalue weighted by Gasteiger charge is -2.20. The van der Waals surface area contributed by atoms with Crippen molar-refractivity contribution in [3.05, 3.63) is 17.7 Å². The second-order valence-electron chi connectivity index (χ2n) is 6.87. The molecular formula is C18H23F5N4O3.